The lowest BCUT2D eigenvalue weighted by Gasteiger charge is -2.18. The van der Waals surface area contributed by atoms with E-state index in [1.165, 1.54) is 25.1 Å². The third-order valence-electron chi connectivity index (χ3n) is 4.03. The summed E-state index contributed by atoms with van der Waals surface area (Å²) in [6, 6.07) is 6.09. The van der Waals surface area contributed by atoms with Crippen LogP contribution in [0.1, 0.15) is 31.7 Å². The maximum atomic E-state index is 5.80. The molecular weight excluding hydrogens is 238 g/mol. The van der Waals surface area contributed by atoms with Gasteiger partial charge in [0.15, 0.2) is 0 Å². The van der Waals surface area contributed by atoms with E-state index in [2.05, 4.69) is 18.0 Å². The van der Waals surface area contributed by atoms with Crippen molar-refractivity contribution in [2.45, 2.75) is 26.2 Å². The largest absolute Gasteiger partial charge is 0.496 e. The summed E-state index contributed by atoms with van der Waals surface area (Å²) < 4.78 is 11.3. The number of likely N-dealkylation sites (tertiary alicyclic amines) is 1. The van der Waals surface area contributed by atoms with Crippen LogP contribution in [0.3, 0.4) is 0 Å². The van der Waals surface area contributed by atoms with Crippen LogP contribution in [-0.2, 0) is 0 Å². The molecule has 0 spiro atoms. The first-order chi connectivity index (χ1) is 9.29. The van der Waals surface area contributed by atoms with Gasteiger partial charge in [0.1, 0.15) is 11.5 Å². The Kier molecular flexibility index (Phi) is 4.70. The second-order valence-electron chi connectivity index (χ2n) is 5.10. The molecule has 3 heteroatoms. The topological polar surface area (TPSA) is 21.7 Å². The van der Waals surface area contributed by atoms with E-state index in [1.54, 1.807) is 7.11 Å². The molecule has 0 aromatic heterocycles. The maximum absolute atomic E-state index is 5.80. The van der Waals surface area contributed by atoms with Gasteiger partial charge in [-0.1, -0.05) is 19.9 Å². The van der Waals surface area contributed by atoms with Crippen molar-refractivity contribution in [3.8, 4) is 11.5 Å². The Balaban J connectivity index is 0.000000637. The Labute approximate surface area is 116 Å². The third kappa shape index (κ3) is 2.71. The summed E-state index contributed by atoms with van der Waals surface area (Å²) in [6.45, 7) is 7.19. The van der Waals surface area contributed by atoms with Gasteiger partial charge in [-0.2, -0.15) is 0 Å². The van der Waals surface area contributed by atoms with E-state index in [-0.39, 0.29) is 0 Å². The summed E-state index contributed by atoms with van der Waals surface area (Å²) in [6.07, 6.45) is 1.27. The van der Waals surface area contributed by atoms with E-state index in [1.807, 2.05) is 26.0 Å². The number of nitrogens with zero attached hydrogens (tertiary/aromatic N) is 1. The quantitative estimate of drug-likeness (QED) is 0.818. The summed E-state index contributed by atoms with van der Waals surface area (Å²) >= 11 is 0. The zero-order valence-corrected chi connectivity index (χ0v) is 12.5. The molecule has 1 saturated heterocycles. The van der Waals surface area contributed by atoms with Crippen LogP contribution in [0.2, 0.25) is 0 Å². The minimum absolute atomic E-state index is 0.506. The monoisotopic (exact) mass is 263 g/mol. The second kappa shape index (κ2) is 6.29. The molecule has 106 valence electrons. The molecule has 2 aliphatic rings. The molecule has 2 unspecified atom stereocenters. The molecule has 2 atom stereocenters. The predicted molar refractivity (Wildman–Crippen MR) is 78.2 cm³/mol. The van der Waals surface area contributed by atoms with Gasteiger partial charge in [-0.05, 0) is 38.1 Å². The number of fused-ring (bicyclic) bond motifs is 1. The summed E-state index contributed by atoms with van der Waals surface area (Å²) in [5.41, 5.74) is 1.29. The van der Waals surface area contributed by atoms with Crippen LogP contribution in [-0.4, -0.2) is 38.8 Å². The maximum Gasteiger partial charge on any atom is 0.126 e. The highest BCUT2D eigenvalue weighted by Crippen LogP contribution is 2.45. The molecule has 1 fully saturated rings. The van der Waals surface area contributed by atoms with Crippen molar-refractivity contribution in [1.82, 2.24) is 4.90 Å². The van der Waals surface area contributed by atoms with E-state index in [0.29, 0.717) is 11.8 Å². The van der Waals surface area contributed by atoms with Gasteiger partial charge in [-0.25, -0.2) is 0 Å². The zero-order valence-electron chi connectivity index (χ0n) is 12.5. The Bertz CT molecular complexity index is 419. The highest BCUT2D eigenvalue weighted by atomic mass is 16.5. The van der Waals surface area contributed by atoms with Gasteiger partial charge in [0.05, 0.1) is 13.7 Å². The van der Waals surface area contributed by atoms with Crippen LogP contribution in [0.4, 0.5) is 0 Å². The molecule has 1 aromatic rings. The fourth-order valence-electron chi connectivity index (χ4n) is 3.13. The molecule has 0 N–H and O–H groups in total. The van der Waals surface area contributed by atoms with Gasteiger partial charge in [0.25, 0.3) is 0 Å². The second-order valence-corrected chi connectivity index (χ2v) is 5.10. The Morgan fingerprint density at radius 1 is 1.32 bits per heavy atom. The lowest BCUT2D eigenvalue weighted by Crippen LogP contribution is -2.19. The molecule has 1 aromatic carbocycles. The number of benzene rings is 1. The molecule has 0 amide bonds. The molecule has 0 aliphatic carbocycles. The number of hydrogen-bond acceptors (Lipinski definition) is 3. The smallest absolute Gasteiger partial charge is 0.126 e. The van der Waals surface area contributed by atoms with Crippen molar-refractivity contribution in [1.29, 1.82) is 0 Å². The SMILES string of the molecule is CC.COc1cccc2c1C(C1CCN(C)C1)CO2. The number of rotatable bonds is 2. The summed E-state index contributed by atoms with van der Waals surface area (Å²) in [4.78, 5) is 2.40. The molecule has 3 nitrogen and oxygen atoms in total. The average Bonchev–Trinajstić information content (AvgIpc) is 3.06. The van der Waals surface area contributed by atoms with Crippen LogP contribution < -0.4 is 9.47 Å². The van der Waals surface area contributed by atoms with Gasteiger partial charge in [-0.3, -0.25) is 0 Å². The third-order valence-corrected chi connectivity index (χ3v) is 4.03. The standard InChI is InChI=1S/C14H19NO2.C2H6/c1-15-7-6-10(8-15)11-9-17-13-5-3-4-12(16-2)14(11)13;1-2/h3-5,10-11H,6-9H2,1-2H3;1-2H3. The van der Waals surface area contributed by atoms with Crippen molar-refractivity contribution in [2.75, 3.05) is 33.9 Å². The molecule has 0 saturated carbocycles. The van der Waals surface area contributed by atoms with E-state index < -0.39 is 0 Å². The molecule has 0 radical (unpaired) electrons. The van der Waals surface area contributed by atoms with E-state index in [4.69, 9.17) is 9.47 Å². The Hall–Kier alpha value is -1.22. The average molecular weight is 263 g/mol. The fourth-order valence-corrected chi connectivity index (χ4v) is 3.13. The van der Waals surface area contributed by atoms with E-state index in [9.17, 15) is 0 Å². The van der Waals surface area contributed by atoms with Crippen molar-refractivity contribution in [3.05, 3.63) is 23.8 Å². The predicted octanol–water partition coefficient (Wildman–Crippen LogP) is 3.15. The summed E-state index contributed by atoms with van der Waals surface area (Å²) in [5, 5.41) is 0. The van der Waals surface area contributed by atoms with Crippen LogP contribution in [0, 0.1) is 5.92 Å². The number of methoxy groups -OCH3 is 1. The molecular formula is C16H25NO2. The fraction of sp³-hybridized carbons (Fsp3) is 0.625. The molecule has 0 bridgehead atoms. The summed E-state index contributed by atoms with van der Waals surface area (Å²) in [7, 11) is 3.94. The van der Waals surface area contributed by atoms with E-state index >= 15 is 0 Å². The van der Waals surface area contributed by atoms with Gasteiger partial charge in [-0.15, -0.1) is 0 Å². The van der Waals surface area contributed by atoms with Crippen molar-refractivity contribution in [3.63, 3.8) is 0 Å². The van der Waals surface area contributed by atoms with Crippen molar-refractivity contribution in [2.24, 2.45) is 5.92 Å². The normalized spacial score (nSPS) is 25.3. The number of hydrogen-bond donors (Lipinski definition) is 0. The van der Waals surface area contributed by atoms with Gasteiger partial charge in [0, 0.05) is 18.0 Å². The molecule has 19 heavy (non-hydrogen) atoms. The minimum Gasteiger partial charge on any atom is -0.496 e. The molecule has 2 aliphatic heterocycles. The Morgan fingerprint density at radius 3 is 2.74 bits per heavy atom. The van der Waals surface area contributed by atoms with Crippen LogP contribution in [0.15, 0.2) is 18.2 Å². The molecule has 2 heterocycles. The van der Waals surface area contributed by atoms with Gasteiger partial charge in [0.2, 0.25) is 0 Å². The van der Waals surface area contributed by atoms with Crippen LogP contribution in [0.5, 0.6) is 11.5 Å². The minimum atomic E-state index is 0.506. The zero-order chi connectivity index (χ0) is 13.8. The first-order valence-electron chi connectivity index (χ1n) is 7.28. The number of ether oxygens (including phenoxy) is 2. The molecule has 3 rings (SSSR count). The van der Waals surface area contributed by atoms with Crippen molar-refractivity contribution >= 4 is 0 Å². The van der Waals surface area contributed by atoms with E-state index in [0.717, 1.165) is 18.1 Å². The first kappa shape index (κ1) is 14.2. The van der Waals surface area contributed by atoms with Gasteiger partial charge < -0.3 is 14.4 Å². The lowest BCUT2D eigenvalue weighted by molar-refractivity contribution is 0.284. The Morgan fingerprint density at radius 2 is 2.11 bits per heavy atom. The first-order valence-corrected chi connectivity index (χ1v) is 7.28. The highest BCUT2D eigenvalue weighted by Gasteiger charge is 2.36. The van der Waals surface area contributed by atoms with Crippen molar-refractivity contribution < 1.29 is 9.47 Å². The lowest BCUT2D eigenvalue weighted by atomic mass is 9.86. The van der Waals surface area contributed by atoms with Crippen LogP contribution >= 0.6 is 0 Å². The van der Waals surface area contributed by atoms with Gasteiger partial charge >= 0.3 is 0 Å². The summed E-state index contributed by atoms with van der Waals surface area (Å²) in [5.74, 6) is 3.21. The van der Waals surface area contributed by atoms with Crippen LogP contribution in [0.25, 0.3) is 0 Å². The highest BCUT2D eigenvalue weighted by molar-refractivity contribution is 5.50.